The van der Waals surface area contributed by atoms with Crippen molar-refractivity contribution in [2.45, 2.75) is 13.8 Å². The largest absolute Gasteiger partial charge is 0.493 e. The Labute approximate surface area is 123 Å². The monoisotopic (exact) mass is 288 g/mol. The Morgan fingerprint density at radius 2 is 1.76 bits per heavy atom. The molecule has 0 heterocycles. The summed E-state index contributed by atoms with van der Waals surface area (Å²) in [7, 11) is 0. The highest BCUT2D eigenvalue weighted by Crippen LogP contribution is 2.31. The second-order valence-electron chi connectivity index (χ2n) is 4.37. The zero-order valence-corrected chi connectivity index (χ0v) is 12.1. The minimum atomic E-state index is -0.354. The van der Waals surface area contributed by atoms with Crippen molar-refractivity contribution in [3.05, 3.63) is 53.8 Å². The van der Waals surface area contributed by atoms with Gasteiger partial charge in [0.2, 0.25) is 0 Å². The number of rotatable bonds is 5. The van der Waals surface area contributed by atoms with Gasteiger partial charge in [-0.25, -0.2) is 9.18 Å². The molecule has 110 valence electrons. The summed E-state index contributed by atoms with van der Waals surface area (Å²) < 4.78 is 23.7. The summed E-state index contributed by atoms with van der Waals surface area (Å²) in [5.41, 5.74) is 2.13. The molecule has 0 bridgehead atoms. The Morgan fingerprint density at radius 3 is 2.38 bits per heavy atom. The average molecular weight is 288 g/mol. The van der Waals surface area contributed by atoms with E-state index in [2.05, 4.69) is 0 Å². The highest BCUT2D eigenvalue weighted by molar-refractivity contribution is 5.90. The molecule has 0 radical (unpaired) electrons. The molecule has 0 aliphatic rings. The fraction of sp³-hybridized carbons (Fsp3) is 0.235. The normalized spacial score (nSPS) is 10.2. The zero-order chi connectivity index (χ0) is 15.2. The molecule has 0 unspecified atom stereocenters. The Morgan fingerprint density at radius 1 is 1.05 bits per heavy atom. The first-order valence-corrected chi connectivity index (χ1v) is 6.85. The van der Waals surface area contributed by atoms with Gasteiger partial charge in [-0.3, -0.25) is 0 Å². The topological polar surface area (TPSA) is 35.5 Å². The van der Waals surface area contributed by atoms with Gasteiger partial charge in [0.25, 0.3) is 0 Å². The van der Waals surface area contributed by atoms with Gasteiger partial charge >= 0.3 is 5.97 Å². The summed E-state index contributed by atoms with van der Waals surface area (Å²) in [4.78, 5) is 11.6. The lowest BCUT2D eigenvalue weighted by Crippen LogP contribution is -2.04. The molecule has 2 rings (SSSR count). The zero-order valence-electron chi connectivity index (χ0n) is 12.1. The van der Waals surface area contributed by atoms with E-state index < -0.39 is 0 Å². The van der Waals surface area contributed by atoms with Crippen molar-refractivity contribution in [3.63, 3.8) is 0 Å². The van der Waals surface area contributed by atoms with Crippen molar-refractivity contribution in [3.8, 4) is 16.9 Å². The molecule has 2 aromatic rings. The van der Waals surface area contributed by atoms with Crippen molar-refractivity contribution < 1.29 is 18.7 Å². The predicted octanol–water partition coefficient (Wildman–Crippen LogP) is 4.07. The molecule has 21 heavy (non-hydrogen) atoms. The molecular formula is C17H17FO3. The third-order valence-corrected chi connectivity index (χ3v) is 2.95. The molecule has 0 amide bonds. The fourth-order valence-corrected chi connectivity index (χ4v) is 2.01. The van der Waals surface area contributed by atoms with Gasteiger partial charge in [-0.2, -0.15) is 0 Å². The third kappa shape index (κ3) is 3.60. The second kappa shape index (κ2) is 6.88. The van der Waals surface area contributed by atoms with Crippen LogP contribution in [0, 0.1) is 5.82 Å². The number of carbonyl (C=O) groups is 1. The molecule has 0 aliphatic carbocycles. The van der Waals surface area contributed by atoms with Crippen LogP contribution in [0.2, 0.25) is 0 Å². The van der Waals surface area contributed by atoms with Crippen LogP contribution in [0.1, 0.15) is 24.2 Å². The highest BCUT2D eigenvalue weighted by atomic mass is 19.1. The molecule has 2 aromatic carbocycles. The van der Waals surface area contributed by atoms with Crippen molar-refractivity contribution in [2.75, 3.05) is 13.2 Å². The van der Waals surface area contributed by atoms with Crippen molar-refractivity contribution >= 4 is 5.97 Å². The minimum Gasteiger partial charge on any atom is -0.493 e. The number of ether oxygens (including phenoxy) is 2. The summed E-state index contributed by atoms with van der Waals surface area (Å²) in [6, 6.07) is 11.4. The van der Waals surface area contributed by atoms with Gasteiger partial charge in [0.1, 0.15) is 11.6 Å². The van der Waals surface area contributed by atoms with Crippen LogP contribution in [0.15, 0.2) is 42.5 Å². The first kappa shape index (κ1) is 15.0. The second-order valence-corrected chi connectivity index (χ2v) is 4.37. The van der Waals surface area contributed by atoms with E-state index in [0.717, 1.165) is 11.1 Å². The number of halogens is 1. The van der Waals surface area contributed by atoms with Gasteiger partial charge in [-0.05, 0) is 43.7 Å². The average Bonchev–Trinajstić information content (AvgIpc) is 2.48. The molecule has 0 saturated heterocycles. The van der Waals surface area contributed by atoms with Gasteiger partial charge < -0.3 is 9.47 Å². The quantitative estimate of drug-likeness (QED) is 0.778. The lowest BCUT2D eigenvalue weighted by molar-refractivity contribution is 0.0526. The maximum Gasteiger partial charge on any atom is 0.338 e. The SMILES string of the molecule is CCOC(=O)c1ccc(-c2ccc(F)cc2OCC)cc1. The molecule has 3 nitrogen and oxygen atoms in total. The van der Waals surface area contributed by atoms with Crippen LogP contribution in [-0.2, 0) is 4.74 Å². The van der Waals surface area contributed by atoms with Crippen LogP contribution in [0.4, 0.5) is 4.39 Å². The van der Waals surface area contributed by atoms with Gasteiger partial charge in [0, 0.05) is 11.6 Å². The summed E-state index contributed by atoms with van der Waals surface area (Å²) >= 11 is 0. The maximum absolute atomic E-state index is 13.3. The molecule has 0 spiro atoms. The van der Waals surface area contributed by atoms with Gasteiger partial charge in [-0.15, -0.1) is 0 Å². The van der Waals surface area contributed by atoms with Crippen LogP contribution in [0.3, 0.4) is 0 Å². The van der Waals surface area contributed by atoms with Gasteiger partial charge in [-0.1, -0.05) is 12.1 Å². The number of esters is 1. The first-order valence-electron chi connectivity index (χ1n) is 6.85. The van der Waals surface area contributed by atoms with E-state index in [0.29, 0.717) is 24.5 Å². The van der Waals surface area contributed by atoms with E-state index in [1.54, 1.807) is 37.3 Å². The smallest absolute Gasteiger partial charge is 0.338 e. The summed E-state index contributed by atoms with van der Waals surface area (Å²) in [6.07, 6.45) is 0. The third-order valence-electron chi connectivity index (χ3n) is 2.95. The molecule has 0 aliphatic heterocycles. The van der Waals surface area contributed by atoms with E-state index in [1.165, 1.54) is 12.1 Å². The van der Waals surface area contributed by atoms with Crippen LogP contribution in [-0.4, -0.2) is 19.2 Å². The molecule has 0 atom stereocenters. The van der Waals surface area contributed by atoms with Crippen LogP contribution in [0.25, 0.3) is 11.1 Å². The minimum absolute atomic E-state index is 0.340. The van der Waals surface area contributed by atoms with E-state index in [1.807, 2.05) is 6.92 Å². The summed E-state index contributed by atoms with van der Waals surface area (Å²) in [6.45, 7) is 4.40. The standard InChI is InChI=1S/C17H17FO3/c1-3-20-16-11-14(18)9-10-15(16)12-5-7-13(8-6-12)17(19)21-4-2/h5-11H,3-4H2,1-2H3. The van der Waals surface area contributed by atoms with E-state index in [4.69, 9.17) is 9.47 Å². The molecule has 0 N–H and O–H groups in total. The Balaban J connectivity index is 2.32. The Hall–Kier alpha value is -2.36. The van der Waals surface area contributed by atoms with Crippen molar-refractivity contribution in [2.24, 2.45) is 0 Å². The van der Waals surface area contributed by atoms with Crippen LogP contribution in [0.5, 0.6) is 5.75 Å². The highest BCUT2D eigenvalue weighted by Gasteiger charge is 2.10. The molecular weight excluding hydrogens is 271 g/mol. The maximum atomic E-state index is 13.3. The number of carbonyl (C=O) groups excluding carboxylic acids is 1. The van der Waals surface area contributed by atoms with E-state index in [9.17, 15) is 9.18 Å². The molecule has 4 heteroatoms. The van der Waals surface area contributed by atoms with Crippen molar-refractivity contribution in [1.29, 1.82) is 0 Å². The van der Waals surface area contributed by atoms with E-state index >= 15 is 0 Å². The number of hydrogen-bond donors (Lipinski definition) is 0. The van der Waals surface area contributed by atoms with Gasteiger partial charge in [0.05, 0.1) is 18.8 Å². The van der Waals surface area contributed by atoms with E-state index in [-0.39, 0.29) is 11.8 Å². The Kier molecular flexibility index (Phi) is 4.93. The summed E-state index contributed by atoms with van der Waals surface area (Å²) in [5.74, 6) is -0.208. The summed E-state index contributed by atoms with van der Waals surface area (Å²) in [5, 5.41) is 0. The molecule has 0 aromatic heterocycles. The van der Waals surface area contributed by atoms with Crippen LogP contribution >= 0.6 is 0 Å². The molecule has 0 fully saturated rings. The lowest BCUT2D eigenvalue weighted by Gasteiger charge is -2.11. The predicted molar refractivity (Wildman–Crippen MR) is 79.0 cm³/mol. The fourth-order valence-electron chi connectivity index (χ4n) is 2.01. The first-order chi connectivity index (χ1) is 10.2. The number of benzene rings is 2. The number of hydrogen-bond acceptors (Lipinski definition) is 3. The molecule has 0 saturated carbocycles. The van der Waals surface area contributed by atoms with Gasteiger partial charge in [0.15, 0.2) is 0 Å². The lowest BCUT2D eigenvalue weighted by atomic mass is 10.0. The van der Waals surface area contributed by atoms with Crippen LogP contribution < -0.4 is 4.74 Å². The van der Waals surface area contributed by atoms with Crippen molar-refractivity contribution in [1.82, 2.24) is 0 Å². The Bertz CT molecular complexity index is 620.